The molecule has 2 saturated heterocycles. The largest absolute Gasteiger partial charge is 0.408 e. The third-order valence-corrected chi connectivity index (χ3v) is 6.28. The van der Waals surface area contributed by atoms with Crippen LogP contribution in [0.2, 0.25) is 0 Å². The molecule has 2 unspecified atom stereocenters. The van der Waals surface area contributed by atoms with Crippen LogP contribution in [0.3, 0.4) is 0 Å². The van der Waals surface area contributed by atoms with Gasteiger partial charge < -0.3 is 19.3 Å². The number of hydrogen-bond acceptors (Lipinski definition) is 7. The molecule has 0 bridgehead atoms. The Kier molecular flexibility index (Phi) is 6.25. The Morgan fingerprint density at radius 3 is 2.58 bits per heavy atom. The van der Waals surface area contributed by atoms with Gasteiger partial charge >= 0.3 is 6.18 Å². The van der Waals surface area contributed by atoms with Gasteiger partial charge in [-0.1, -0.05) is 0 Å². The molecule has 0 aliphatic carbocycles. The van der Waals surface area contributed by atoms with Crippen LogP contribution in [0.4, 0.5) is 24.9 Å². The van der Waals surface area contributed by atoms with Gasteiger partial charge in [-0.05, 0) is 26.2 Å². The van der Waals surface area contributed by atoms with E-state index in [1.54, 1.807) is 0 Å². The number of ether oxygens (including phenoxy) is 2. The molecule has 0 N–H and O–H groups in total. The lowest BCUT2D eigenvalue weighted by atomic mass is 9.94. The van der Waals surface area contributed by atoms with Crippen LogP contribution in [-0.2, 0) is 20.8 Å². The number of anilines is 2. The first-order valence-electron chi connectivity index (χ1n) is 10.7. The average Bonchev–Trinajstić information content (AvgIpc) is 2.74. The van der Waals surface area contributed by atoms with Gasteiger partial charge in [-0.25, -0.2) is 0 Å². The predicted molar refractivity (Wildman–Crippen MR) is 106 cm³/mol. The number of nitrogens with zero attached hydrogens (tertiary/aromatic N) is 4. The van der Waals surface area contributed by atoms with E-state index in [2.05, 4.69) is 4.98 Å². The first-order valence-corrected chi connectivity index (χ1v) is 10.7. The van der Waals surface area contributed by atoms with Gasteiger partial charge in [0, 0.05) is 38.3 Å². The Hall–Kier alpha value is -2.14. The molecule has 4 heterocycles. The van der Waals surface area contributed by atoms with Crippen LogP contribution in [0, 0.1) is 5.92 Å². The van der Waals surface area contributed by atoms with E-state index in [1.165, 1.54) is 10.6 Å². The number of hydrogen-bond donors (Lipinski definition) is 0. The number of carbonyl (C=O) groups is 1. The molecule has 8 nitrogen and oxygen atoms in total. The van der Waals surface area contributed by atoms with Gasteiger partial charge in [0.05, 0.1) is 25.8 Å². The topological polar surface area (TPSA) is 76.9 Å². The molecule has 0 saturated carbocycles. The lowest BCUT2D eigenvalue weighted by Gasteiger charge is -2.40. The summed E-state index contributed by atoms with van der Waals surface area (Å²) in [6.45, 7) is 3.61. The van der Waals surface area contributed by atoms with E-state index in [4.69, 9.17) is 9.47 Å². The summed E-state index contributed by atoms with van der Waals surface area (Å²) in [5, 5.41) is 0. The quantitative estimate of drug-likeness (QED) is 0.698. The number of halogens is 3. The Balaban J connectivity index is 1.70. The number of morpholine rings is 1. The molecular weight excluding hydrogens is 417 g/mol. The van der Waals surface area contributed by atoms with Crippen LogP contribution in [-0.4, -0.2) is 73.1 Å². The van der Waals surface area contributed by atoms with Crippen LogP contribution in [0.25, 0.3) is 0 Å². The van der Waals surface area contributed by atoms with E-state index < -0.39 is 24.3 Å². The van der Waals surface area contributed by atoms with E-state index in [0.717, 1.165) is 4.90 Å². The fourth-order valence-corrected chi connectivity index (χ4v) is 4.51. The molecule has 0 amide bonds. The zero-order valence-electron chi connectivity index (χ0n) is 17.4. The molecular formula is C20H27F3N4O4. The maximum absolute atomic E-state index is 13.9. The minimum absolute atomic E-state index is 0.0666. The van der Waals surface area contributed by atoms with Crippen LogP contribution < -0.4 is 15.4 Å². The van der Waals surface area contributed by atoms with Gasteiger partial charge in [-0.2, -0.15) is 18.2 Å². The van der Waals surface area contributed by atoms with Crippen molar-refractivity contribution in [3.8, 4) is 0 Å². The summed E-state index contributed by atoms with van der Waals surface area (Å²) in [6, 6.07) is -0.568. The SMILES string of the molecule is CC1COCCN1c1cc(=O)n2c(n1)N(CC(=O)C1CCOCC1)C(C(F)(F)F)CC2. The van der Waals surface area contributed by atoms with E-state index in [-0.39, 0.29) is 36.7 Å². The van der Waals surface area contributed by atoms with Gasteiger partial charge in [0.25, 0.3) is 5.56 Å². The average molecular weight is 444 g/mol. The van der Waals surface area contributed by atoms with Crippen LogP contribution in [0.15, 0.2) is 10.9 Å². The maximum atomic E-state index is 13.9. The summed E-state index contributed by atoms with van der Waals surface area (Å²) in [5.41, 5.74) is -0.414. The smallest absolute Gasteiger partial charge is 0.381 e. The number of aromatic nitrogens is 2. The zero-order chi connectivity index (χ0) is 22.2. The summed E-state index contributed by atoms with van der Waals surface area (Å²) in [7, 11) is 0. The Labute approximate surface area is 177 Å². The molecule has 31 heavy (non-hydrogen) atoms. The highest BCUT2D eigenvalue weighted by Gasteiger charge is 2.47. The summed E-state index contributed by atoms with van der Waals surface area (Å²) in [4.78, 5) is 33.0. The van der Waals surface area contributed by atoms with Crippen LogP contribution in [0.5, 0.6) is 0 Å². The summed E-state index contributed by atoms with van der Waals surface area (Å²) >= 11 is 0. The summed E-state index contributed by atoms with van der Waals surface area (Å²) < 4.78 is 53.6. The van der Waals surface area contributed by atoms with Crippen molar-refractivity contribution in [2.45, 2.75) is 51.0 Å². The zero-order valence-corrected chi connectivity index (χ0v) is 17.4. The van der Waals surface area contributed by atoms with Gasteiger partial charge in [0.2, 0.25) is 5.95 Å². The Bertz CT molecular complexity index is 869. The number of rotatable bonds is 4. The number of alkyl halides is 3. The highest BCUT2D eigenvalue weighted by molar-refractivity contribution is 5.85. The van der Waals surface area contributed by atoms with Gasteiger partial charge in [-0.15, -0.1) is 0 Å². The van der Waals surface area contributed by atoms with Crippen LogP contribution >= 0.6 is 0 Å². The molecule has 0 spiro atoms. The molecule has 1 aromatic rings. The monoisotopic (exact) mass is 444 g/mol. The molecule has 2 atom stereocenters. The van der Waals surface area contributed by atoms with Crippen molar-refractivity contribution >= 4 is 17.5 Å². The second-order valence-electron chi connectivity index (χ2n) is 8.35. The fourth-order valence-electron chi connectivity index (χ4n) is 4.51. The molecule has 3 aliphatic rings. The van der Waals surface area contributed by atoms with Crippen molar-refractivity contribution in [2.24, 2.45) is 5.92 Å². The van der Waals surface area contributed by atoms with Gasteiger partial charge in [0.1, 0.15) is 11.9 Å². The first-order chi connectivity index (χ1) is 14.8. The number of ketones is 1. The van der Waals surface area contributed by atoms with Gasteiger partial charge in [0.15, 0.2) is 5.78 Å². The Morgan fingerprint density at radius 2 is 1.90 bits per heavy atom. The summed E-state index contributed by atoms with van der Waals surface area (Å²) in [6.07, 6.45) is -3.85. The van der Waals surface area contributed by atoms with E-state index >= 15 is 0 Å². The molecule has 172 valence electrons. The molecule has 3 aliphatic heterocycles. The lowest BCUT2D eigenvalue weighted by Crippen LogP contribution is -2.55. The highest BCUT2D eigenvalue weighted by Crippen LogP contribution is 2.35. The molecule has 0 radical (unpaired) electrons. The standard InChI is InChI=1S/C20H27F3N4O4/c1-13-12-31-9-6-25(13)17-10-18(29)26-5-2-16(20(21,22)23)27(19(26)24-17)11-15(28)14-3-7-30-8-4-14/h10,13-14,16H,2-9,11-12H2,1H3. The fraction of sp³-hybridized carbons (Fsp3) is 0.750. The van der Waals surface area contributed by atoms with Gasteiger partial charge in [-0.3, -0.25) is 14.2 Å². The first kappa shape index (κ1) is 22.1. The number of fused-ring (bicyclic) bond motifs is 1. The predicted octanol–water partition coefficient (Wildman–Crippen LogP) is 1.61. The molecule has 4 rings (SSSR count). The third-order valence-electron chi connectivity index (χ3n) is 6.28. The van der Waals surface area contributed by atoms with Crippen molar-refractivity contribution in [1.29, 1.82) is 0 Å². The Morgan fingerprint density at radius 1 is 1.16 bits per heavy atom. The van der Waals surface area contributed by atoms with E-state index in [9.17, 15) is 22.8 Å². The van der Waals surface area contributed by atoms with Crippen molar-refractivity contribution in [1.82, 2.24) is 9.55 Å². The molecule has 11 heteroatoms. The molecule has 1 aromatic heterocycles. The van der Waals surface area contributed by atoms with Crippen molar-refractivity contribution in [3.05, 3.63) is 16.4 Å². The normalized spacial score (nSPS) is 25.4. The second-order valence-corrected chi connectivity index (χ2v) is 8.35. The lowest BCUT2D eigenvalue weighted by molar-refractivity contribution is -0.153. The van der Waals surface area contributed by atoms with Crippen molar-refractivity contribution in [3.63, 3.8) is 0 Å². The maximum Gasteiger partial charge on any atom is 0.408 e. The summed E-state index contributed by atoms with van der Waals surface area (Å²) in [5.74, 6) is -0.383. The molecule has 2 fully saturated rings. The highest BCUT2D eigenvalue weighted by atomic mass is 19.4. The van der Waals surface area contributed by atoms with Crippen molar-refractivity contribution in [2.75, 3.05) is 49.3 Å². The number of Topliss-reactive ketones (excluding diaryl/α,β-unsaturated/α-hetero) is 1. The minimum Gasteiger partial charge on any atom is -0.381 e. The molecule has 0 aromatic carbocycles. The second kappa shape index (κ2) is 8.78. The number of carbonyl (C=O) groups excluding carboxylic acids is 1. The van der Waals surface area contributed by atoms with Crippen molar-refractivity contribution < 1.29 is 27.4 Å². The minimum atomic E-state index is -4.54. The van der Waals surface area contributed by atoms with E-state index in [1.807, 2.05) is 11.8 Å². The van der Waals surface area contributed by atoms with Crippen LogP contribution in [0.1, 0.15) is 26.2 Å². The third kappa shape index (κ3) is 4.57. The van der Waals surface area contributed by atoms with E-state index in [0.29, 0.717) is 51.6 Å².